The first-order chi connectivity index (χ1) is 11.1. The van der Waals surface area contributed by atoms with Crippen LogP contribution in [0.3, 0.4) is 0 Å². The number of benzene rings is 1. The van der Waals surface area contributed by atoms with Crippen LogP contribution in [0.1, 0.15) is 39.2 Å². The monoisotopic (exact) mass is 352 g/mol. The third-order valence-electron chi connectivity index (χ3n) is 3.93. The van der Waals surface area contributed by atoms with Crippen LogP contribution in [-0.2, 0) is 24.8 Å². The summed E-state index contributed by atoms with van der Waals surface area (Å²) in [5.74, 6) is -0.830. The number of anilines is 1. The molecule has 1 saturated heterocycles. The van der Waals surface area contributed by atoms with E-state index in [0.717, 1.165) is 5.56 Å². The third kappa shape index (κ3) is 5.06. The second kappa shape index (κ2) is 6.93. The minimum Gasteiger partial charge on any atom is -0.352 e. The Morgan fingerprint density at radius 3 is 2.42 bits per heavy atom. The molecule has 0 saturated carbocycles. The molecule has 2 rings (SSSR count). The number of amides is 2. The van der Waals surface area contributed by atoms with E-state index in [0.29, 0.717) is 12.1 Å². The van der Waals surface area contributed by atoms with Gasteiger partial charge in [-0.3, -0.25) is 9.59 Å². The topological polar surface area (TPSA) is 92.3 Å². The number of nitrogens with one attached hydrogen (secondary N) is 2. The highest BCUT2D eigenvalue weighted by molar-refractivity contribution is 7.91. The zero-order valence-electron chi connectivity index (χ0n) is 14.3. The lowest BCUT2D eigenvalue weighted by Gasteiger charge is -2.23. The van der Waals surface area contributed by atoms with Gasteiger partial charge in [-0.15, -0.1) is 0 Å². The van der Waals surface area contributed by atoms with Gasteiger partial charge in [0.25, 0.3) is 0 Å². The van der Waals surface area contributed by atoms with E-state index in [4.69, 9.17) is 0 Å². The molecule has 24 heavy (non-hydrogen) atoms. The van der Waals surface area contributed by atoms with Crippen LogP contribution in [0, 0.1) is 0 Å². The molecule has 0 radical (unpaired) electrons. The van der Waals surface area contributed by atoms with Crippen molar-refractivity contribution in [3.63, 3.8) is 0 Å². The number of sulfone groups is 1. The van der Waals surface area contributed by atoms with E-state index in [1.165, 1.54) is 0 Å². The molecule has 2 amide bonds. The van der Waals surface area contributed by atoms with Gasteiger partial charge in [0.1, 0.15) is 6.42 Å². The second-order valence-electron chi connectivity index (χ2n) is 7.19. The van der Waals surface area contributed by atoms with Crippen molar-refractivity contribution in [1.82, 2.24) is 5.32 Å². The Balaban J connectivity index is 1.93. The van der Waals surface area contributed by atoms with Gasteiger partial charge >= 0.3 is 0 Å². The summed E-state index contributed by atoms with van der Waals surface area (Å²) in [6, 6.07) is 7.09. The lowest BCUT2D eigenvalue weighted by atomic mass is 9.86. The zero-order valence-corrected chi connectivity index (χ0v) is 15.1. The molecule has 1 heterocycles. The minimum atomic E-state index is -3.06. The predicted molar refractivity (Wildman–Crippen MR) is 93.6 cm³/mol. The van der Waals surface area contributed by atoms with Crippen LogP contribution in [0.5, 0.6) is 0 Å². The van der Waals surface area contributed by atoms with Gasteiger partial charge < -0.3 is 10.6 Å². The highest BCUT2D eigenvalue weighted by Crippen LogP contribution is 2.29. The van der Waals surface area contributed by atoms with Crippen molar-refractivity contribution in [2.75, 3.05) is 16.8 Å². The molecule has 1 fully saturated rings. The minimum absolute atomic E-state index is 0.0484. The fraction of sp³-hybridized carbons (Fsp3) is 0.529. The summed E-state index contributed by atoms with van der Waals surface area (Å²) >= 11 is 0. The van der Waals surface area contributed by atoms with Crippen molar-refractivity contribution in [2.45, 2.75) is 45.1 Å². The standard InChI is InChI=1S/C17H24N2O4S/c1-17(2,3)13-6-4-5-7-14(13)19-16(21)10-15(20)18-12-8-9-24(22,23)11-12/h4-7,12H,8-11H2,1-3H3,(H,18,20)(H,19,21). The van der Waals surface area contributed by atoms with Crippen LogP contribution in [0.4, 0.5) is 5.69 Å². The first kappa shape index (κ1) is 18.4. The van der Waals surface area contributed by atoms with E-state index in [1.807, 2.05) is 39.0 Å². The van der Waals surface area contributed by atoms with Crippen LogP contribution >= 0.6 is 0 Å². The summed E-state index contributed by atoms with van der Waals surface area (Å²) in [4.78, 5) is 24.0. The number of para-hydroxylation sites is 1. The van der Waals surface area contributed by atoms with Crippen LogP contribution < -0.4 is 10.6 Å². The molecule has 132 valence electrons. The number of rotatable bonds is 4. The maximum absolute atomic E-state index is 12.1. The molecule has 6 nitrogen and oxygen atoms in total. The van der Waals surface area contributed by atoms with Gasteiger partial charge in [-0.1, -0.05) is 39.0 Å². The van der Waals surface area contributed by atoms with Crippen LogP contribution in [0.25, 0.3) is 0 Å². The Labute approximate surface area is 142 Å². The maximum Gasteiger partial charge on any atom is 0.233 e. The van der Waals surface area contributed by atoms with Gasteiger partial charge in [0.15, 0.2) is 9.84 Å². The SMILES string of the molecule is CC(C)(C)c1ccccc1NC(=O)CC(=O)NC1CCS(=O)(=O)C1. The number of carbonyl (C=O) groups excluding carboxylic acids is 2. The lowest BCUT2D eigenvalue weighted by molar-refractivity contribution is -0.127. The summed E-state index contributed by atoms with van der Waals surface area (Å²) in [5, 5.41) is 5.39. The highest BCUT2D eigenvalue weighted by Gasteiger charge is 2.29. The molecule has 1 aromatic rings. The maximum atomic E-state index is 12.1. The molecular formula is C17H24N2O4S. The molecular weight excluding hydrogens is 328 g/mol. The number of hydrogen-bond donors (Lipinski definition) is 2. The van der Waals surface area contributed by atoms with Gasteiger partial charge in [0, 0.05) is 11.7 Å². The van der Waals surface area contributed by atoms with Gasteiger partial charge in [-0.25, -0.2) is 8.42 Å². The van der Waals surface area contributed by atoms with Crippen LogP contribution in [-0.4, -0.2) is 37.8 Å². The van der Waals surface area contributed by atoms with Gasteiger partial charge in [0.05, 0.1) is 11.5 Å². The highest BCUT2D eigenvalue weighted by atomic mass is 32.2. The Hall–Kier alpha value is -1.89. The molecule has 1 aromatic carbocycles. The average molecular weight is 352 g/mol. The summed E-state index contributed by atoms with van der Waals surface area (Å²) in [6.45, 7) is 6.14. The summed E-state index contributed by atoms with van der Waals surface area (Å²) in [7, 11) is -3.06. The Kier molecular flexibility index (Phi) is 5.32. The predicted octanol–water partition coefficient (Wildman–Crippen LogP) is 1.62. The average Bonchev–Trinajstić information content (AvgIpc) is 2.76. The van der Waals surface area contributed by atoms with Crippen molar-refractivity contribution in [3.05, 3.63) is 29.8 Å². The Morgan fingerprint density at radius 2 is 1.83 bits per heavy atom. The van der Waals surface area contributed by atoms with Crippen molar-refractivity contribution in [3.8, 4) is 0 Å². The molecule has 0 bridgehead atoms. The number of carbonyl (C=O) groups is 2. The summed E-state index contributed by atoms with van der Waals surface area (Å²) in [5.41, 5.74) is 1.54. The molecule has 0 spiro atoms. The molecule has 1 aliphatic rings. The van der Waals surface area contributed by atoms with E-state index < -0.39 is 27.7 Å². The molecule has 0 aromatic heterocycles. The fourth-order valence-electron chi connectivity index (χ4n) is 2.77. The second-order valence-corrected chi connectivity index (χ2v) is 9.42. The van der Waals surface area contributed by atoms with Crippen LogP contribution in [0.15, 0.2) is 24.3 Å². The van der Waals surface area contributed by atoms with E-state index in [2.05, 4.69) is 10.6 Å². The number of hydrogen-bond acceptors (Lipinski definition) is 4. The van der Waals surface area contributed by atoms with Gasteiger partial charge in [0.2, 0.25) is 11.8 Å². The van der Waals surface area contributed by atoms with E-state index in [-0.39, 0.29) is 23.3 Å². The first-order valence-corrected chi connectivity index (χ1v) is 9.78. The molecule has 0 aliphatic carbocycles. The van der Waals surface area contributed by atoms with Crippen molar-refractivity contribution in [1.29, 1.82) is 0 Å². The van der Waals surface area contributed by atoms with E-state index in [1.54, 1.807) is 6.07 Å². The molecule has 2 N–H and O–H groups in total. The molecule has 1 atom stereocenters. The summed E-state index contributed by atoms with van der Waals surface area (Å²) < 4.78 is 22.8. The Bertz CT molecular complexity index is 735. The molecule has 1 aliphatic heterocycles. The summed E-state index contributed by atoms with van der Waals surface area (Å²) in [6.07, 6.45) is 0.0809. The van der Waals surface area contributed by atoms with E-state index in [9.17, 15) is 18.0 Å². The van der Waals surface area contributed by atoms with Crippen LogP contribution in [0.2, 0.25) is 0 Å². The quantitative estimate of drug-likeness (QED) is 0.805. The van der Waals surface area contributed by atoms with Gasteiger partial charge in [-0.05, 0) is 23.5 Å². The largest absolute Gasteiger partial charge is 0.352 e. The van der Waals surface area contributed by atoms with Gasteiger partial charge in [-0.2, -0.15) is 0 Å². The lowest BCUT2D eigenvalue weighted by Crippen LogP contribution is -2.37. The van der Waals surface area contributed by atoms with Crippen molar-refractivity contribution < 1.29 is 18.0 Å². The van der Waals surface area contributed by atoms with Crippen molar-refractivity contribution in [2.24, 2.45) is 0 Å². The van der Waals surface area contributed by atoms with Crippen molar-refractivity contribution >= 4 is 27.3 Å². The molecule has 1 unspecified atom stereocenters. The third-order valence-corrected chi connectivity index (χ3v) is 5.70. The fourth-order valence-corrected chi connectivity index (χ4v) is 4.45. The normalized spacial score (nSPS) is 19.7. The smallest absolute Gasteiger partial charge is 0.233 e. The molecule has 7 heteroatoms. The first-order valence-electron chi connectivity index (χ1n) is 7.96. The van der Waals surface area contributed by atoms with E-state index >= 15 is 0 Å². The Morgan fingerprint density at radius 1 is 1.17 bits per heavy atom. The zero-order chi connectivity index (χ0) is 18.0.